The molecule has 0 unspecified atom stereocenters. The Labute approximate surface area is 137 Å². The molecule has 1 amide bonds. The number of amidine groups is 1. The minimum absolute atomic E-state index is 0.170. The van der Waals surface area contributed by atoms with Gasteiger partial charge in [0.15, 0.2) is 0 Å². The summed E-state index contributed by atoms with van der Waals surface area (Å²) >= 11 is 1.08. The van der Waals surface area contributed by atoms with Gasteiger partial charge in [0.1, 0.15) is 5.84 Å². The van der Waals surface area contributed by atoms with Crippen LogP contribution in [-0.4, -0.2) is 11.1 Å². The Morgan fingerprint density at radius 3 is 2.41 bits per heavy atom. The molecule has 2 N–H and O–H groups in total. The number of unbranched alkanes of at least 4 members (excludes halogenated alkanes) is 5. The van der Waals surface area contributed by atoms with Gasteiger partial charge >= 0.3 is 0 Å². The molecule has 1 heterocycles. The molecule has 0 aromatic heterocycles. The minimum atomic E-state index is -0.170. The lowest BCUT2D eigenvalue weighted by atomic mass is 10.0. The molecule has 0 aliphatic carbocycles. The van der Waals surface area contributed by atoms with Crippen molar-refractivity contribution in [3.63, 3.8) is 0 Å². The van der Waals surface area contributed by atoms with Crippen molar-refractivity contribution in [1.82, 2.24) is 5.32 Å². The number of rotatable bonds is 8. The summed E-state index contributed by atoms with van der Waals surface area (Å²) in [6.07, 6.45) is 10.9. The first-order valence-corrected chi connectivity index (χ1v) is 8.89. The molecule has 2 rings (SSSR count). The van der Waals surface area contributed by atoms with E-state index in [1.54, 1.807) is 0 Å². The van der Waals surface area contributed by atoms with Gasteiger partial charge in [0.05, 0.1) is 4.91 Å². The van der Waals surface area contributed by atoms with Gasteiger partial charge in [0, 0.05) is 0 Å². The smallest absolute Gasteiger partial charge is 0.289 e. The number of thioether (sulfide) groups is 1. The number of benzene rings is 1. The molecule has 1 fully saturated rings. The molecule has 22 heavy (non-hydrogen) atoms. The van der Waals surface area contributed by atoms with E-state index >= 15 is 0 Å². The highest BCUT2D eigenvalue weighted by Crippen LogP contribution is 2.25. The zero-order valence-corrected chi connectivity index (χ0v) is 14.0. The Bertz CT molecular complexity index is 549. The van der Waals surface area contributed by atoms with Crippen LogP contribution >= 0.6 is 11.8 Å². The number of nitrogens with one attached hydrogen (secondary N) is 2. The van der Waals surface area contributed by atoms with Crippen molar-refractivity contribution in [3.8, 4) is 0 Å². The third-order valence-electron chi connectivity index (χ3n) is 3.77. The Morgan fingerprint density at radius 1 is 1.09 bits per heavy atom. The molecule has 0 bridgehead atoms. The van der Waals surface area contributed by atoms with E-state index in [9.17, 15) is 4.79 Å². The van der Waals surface area contributed by atoms with E-state index in [4.69, 9.17) is 5.41 Å². The number of carbonyl (C=O) groups is 1. The van der Waals surface area contributed by atoms with Gasteiger partial charge in [-0.1, -0.05) is 63.3 Å². The van der Waals surface area contributed by atoms with Crippen LogP contribution in [0.15, 0.2) is 29.2 Å². The summed E-state index contributed by atoms with van der Waals surface area (Å²) in [5, 5.41) is 9.98. The van der Waals surface area contributed by atoms with E-state index in [0.29, 0.717) is 4.91 Å². The second-order valence-corrected chi connectivity index (χ2v) is 6.67. The maximum Gasteiger partial charge on any atom is 0.289 e. The van der Waals surface area contributed by atoms with Crippen LogP contribution in [0.4, 0.5) is 4.79 Å². The SMILES string of the molecule is CCCCCCCCc1ccc(C=C2SC(=O)NC2=N)cc1. The standard InChI is InChI=1S/C18H24N2OS/c1-2-3-4-5-6-7-8-14-9-11-15(12-10-14)13-16-17(19)20-18(21)22-16/h9-13H,2-8H2,1H3,(H2,19,20,21). The molecule has 1 aliphatic rings. The predicted octanol–water partition coefficient (Wildman–Crippen LogP) is 5.36. The third kappa shape index (κ3) is 5.34. The van der Waals surface area contributed by atoms with Crippen LogP contribution < -0.4 is 5.32 Å². The number of hydrogen-bond acceptors (Lipinski definition) is 3. The van der Waals surface area contributed by atoms with Crippen molar-refractivity contribution in [1.29, 1.82) is 5.41 Å². The summed E-state index contributed by atoms with van der Waals surface area (Å²) in [4.78, 5) is 11.9. The molecule has 3 nitrogen and oxygen atoms in total. The first kappa shape index (κ1) is 16.8. The normalized spacial score (nSPS) is 16.3. The van der Waals surface area contributed by atoms with E-state index in [0.717, 1.165) is 23.7 Å². The summed E-state index contributed by atoms with van der Waals surface area (Å²) in [7, 11) is 0. The van der Waals surface area contributed by atoms with Crippen LogP contribution in [0.25, 0.3) is 6.08 Å². The molecule has 1 aromatic carbocycles. The van der Waals surface area contributed by atoms with Crippen molar-refractivity contribution in [3.05, 3.63) is 40.3 Å². The Balaban J connectivity index is 1.79. The highest BCUT2D eigenvalue weighted by Gasteiger charge is 2.21. The van der Waals surface area contributed by atoms with E-state index < -0.39 is 0 Å². The van der Waals surface area contributed by atoms with Gasteiger partial charge in [-0.05, 0) is 41.8 Å². The quantitative estimate of drug-likeness (QED) is 0.634. The van der Waals surface area contributed by atoms with Crippen molar-refractivity contribution >= 4 is 28.9 Å². The lowest BCUT2D eigenvalue weighted by Gasteiger charge is -2.03. The fourth-order valence-electron chi connectivity index (χ4n) is 2.48. The monoisotopic (exact) mass is 316 g/mol. The summed E-state index contributed by atoms with van der Waals surface area (Å²) in [6.45, 7) is 2.24. The second-order valence-electron chi connectivity index (χ2n) is 5.66. The lowest BCUT2D eigenvalue weighted by Crippen LogP contribution is -2.17. The predicted molar refractivity (Wildman–Crippen MR) is 95.3 cm³/mol. The molecular weight excluding hydrogens is 292 g/mol. The molecule has 1 saturated heterocycles. The van der Waals surface area contributed by atoms with Gasteiger partial charge in [-0.15, -0.1) is 0 Å². The largest absolute Gasteiger partial charge is 0.301 e. The molecule has 4 heteroatoms. The van der Waals surface area contributed by atoms with Crippen molar-refractivity contribution in [2.24, 2.45) is 0 Å². The lowest BCUT2D eigenvalue weighted by molar-refractivity contribution is 0.265. The van der Waals surface area contributed by atoms with Gasteiger partial charge in [-0.25, -0.2) is 0 Å². The average Bonchev–Trinajstić information content (AvgIpc) is 2.82. The molecule has 0 radical (unpaired) electrons. The summed E-state index contributed by atoms with van der Waals surface area (Å²) in [5.41, 5.74) is 2.40. The van der Waals surface area contributed by atoms with Crippen molar-refractivity contribution in [2.75, 3.05) is 0 Å². The fraction of sp³-hybridized carbons (Fsp3) is 0.444. The third-order valence-corrected chi connectivity index (χ3v) is 4.60. The first-order valence-electron chi connectivity index (χ1n) is 8.07. The van der Waals surface area contributed by atoms with Gasteiger partial charge in [-0.3, -0.25) is 10.2 Å². The van der Waals surface area contributed by atoms with Crippen LogP contribution in [0.2, 0.25) is 0 Å². The molecule has 1 aromatic rings. The molecule has 118 valence electrons. The highest BCUT2D eigenvalue weighted by atomic mass is 32.2. The van der Waals surface area contributed by atoms with E-state index in [-0.39, 0.29) is 11.1 Å². The van der Waals surface area contributed by atoms with Gasteiger partial charge in [0.25, 0.3) is 5.24 Å². The maximum absolute atomic E-state index is 11.2. The second kappa shape index (κ2) is 8.79. The molecule has 0 spiro atoms. The molecule has 0 saturated carbocycles. The topological polar surface area (TPSA) is 53.0 Å². The molecule has 0 atom stereocenters. The average molecular weight is 316 g/mol. The fourth-order valence-corrected chi connectivity index (χ4v) is 3.18. The van der Waals surface area contributed by atoms with Gasteiger partial charge in [-0.2, -0.15) is 0 Å². The van der Waals surface area contributed by atoms with Crippen molar-refractivity contribution in [2.45, 2.75) is 51.9 Å². The molecular formula is C18H24N2OS. The first-order chi connectivity index (χ1) is 10.7. The number of carbonyl (C=O) groups excluding carboxylic acids is 1. The van der Waals surface area contributed by atoms with Crippen molar-refractivity contribution < 1.29 is 4.79 Å². The van der Waals surface area contributed by atoms with E-state index in [1.165, 1.54) is 44.1 Å². The Hall–Kier alpha value is -1.55. The molecule has 1 aliphatic heterocycles. The van der Waals surface area contributed by atoms with Gasteiger partial charge < -0.3 is 5.32 Å². The summed E-state index contributed by atoms with van der Waals surface area (Å²) in [6, 6.07) is 8.43. The Kier molecular flexibility index (Phi) is 6.72. The highest BCUT2D eigenvalue weighted by molar-refractivity contribution is 8.18. The number of hydrogen-bond donors (Lipinski definition) is 2. The summed E-state index contributed by atoms with van der Waals surface area (Å²) < 4.78 is 0. The zero-order valence-electron chi connectivity index (χ0n) is 13.2. The minimum Gasteiger partial charge on any atom is -0.301 e. The van der Waals surface area contributed by atoms with Crippen LogP contribution in [0, 0.1) is 5.41 Å². The summed E-state index contributed by atoms with van der Waals surface area (Å²) in [5.74, 6) is 0.200. The van der Waals surface area contributed by atoms with Crippen LogP contribution in [0.3, 0.4) is 0 Å². The Morgan fingerprint density at radius 2 is 1.77 bits per heavy atom. The zero-order chi connectivity index (χ0) is 15.8. The van der Waals surface area contributed by atoms with E-state index in [2.05, 4.69) is 36.5 Å². The maximum atomic E-state index is 11.2. The van der Waals surface area contributed by atoms with Crippen LogP contribution in [-0.2, 0) is 6.42 Å². The van der Waals surface area contributed by atoms with Crippen LogP contribution in [0.1, 0.15) is 56.6 Å². The number of aryl methyl sites for hydroxylation is 1. The van der Waals surface area contributed by atoms with Gasteiger partial charge in [0.2, 0.25) is 0 Å². The number of amides is 1. The van der Waals surface area contributed by atoms with Crippen LogP contribution in [0.5, 0.6) is 0 Å². The van der Waals surface area contributed by atoms with E-state index in [1.807, 2.05) is 6.08 Å².